The van der Waals surface area contributed by atoms with Crippen molar-refractivity contribution in [2.75, 3.05) is 45.8 Å². The van der Waals surface area contributed by atoms with Crippen LogP contribution in [0.15, 0.2) is 30.3 Å². The first-order chi connectivity index (χ1) is 12.1. The van der Waals surface area contributed by atoms with E-state index in [2.05, 4.69) is 35.2 Å². The Morgan fingerprint density at radius 3 is 2.28 bits per heavy atom. The van der Waals surface area contributed by atoms with Crippen LogP contribution in [0.3, 0.4) is 0 Å². The first-order valence-electron chi connectivity index (χ1n) is 9.44. The second-order valence-electron chi connectivity index (χ2n) is 7.20. The van der Waals surface area contributed by atoms with Gasteiger partial charge in [0.25, 0.3) is 0 Å². The quantitative estimate of drug-likeness (QED) is 0.842. The molecular weight excluding hydrogens is 314 g/mol. The van der Waals surface area contributed by atoms with Crippen molar-refractivity contribution in [1.29, 1.82) is 0 Å². The van der Waals surface area contributed by atoms with E-state index in [4.69, 9.17) is 0 Å². The fourth-order valence-corrected chi connectivity index (χ4v) is 3.93. The lowest BCUT2D eigenvalue weighted by atomic mass is 9.92. The highest BCUT2D eigenvalue weighted by atomic mass is 16.2. The van der Waals surface area contributed by atoms with Gasteiger partial charge in [0.15, 0.2) is 0 Å². The Morgan fingerprint density at radius 2 is 1.60 bits per heavy atom. The van der Waals surface area contributed by atoms with Gasteiger partial charge in [0.05, 0.1) is 6.54 Å². The van der Waals surface area contributed by atoms with Crippen LogP contribution in [0.2, 0.25) is 0 Å². The molecular formula is C20H29N3O2. The lowest BCUT2D eigenvalue weighted by molar-refractivity contribution is -0.139. The highest BCUT2D eigenvalue weighted by Gasteiger charge is 2.25. The van der Waals surface area contributed by atoms with Crippen molar-refractivity contribution in [3.63, 3.8) is 0 Å². The SMILES string of the molecule is CC(=O)N1CCN(C(=O)CN2CCC[C@@H](c3ccccc3)CC2)CC1. The van der Waals surface area contributed by atoms with Crippen molar-refractivity contribution >= 4 is 11.8 Å². The fraction of sp³-hybridized carbons (Fsp3) is 0.600. The Hall–Kier alpha value is -1.88. The first-order valence-corrected chi connectivity index (χ1v) is 9.44. The summed E-state index contributed by atoms with van der Waals surface area (Å²) in [7, 11) is 0. The lowest BCUT2D eigenvalue weighted by Crippen LogP contribution is -2.52. The highest BCUT2D eigenvalue weighted by molar-refractivity contribution is 5.79. The number of rotatable bonds is 3. The minimum atomic E-state index is 0.103. The summed E-state index contributed by atoms with van der Waals surface area (Å²) in [6.45, 7) is 6.76. The summed E-state index contributed by atoms with van der Waals surface area (Å²) in [5.41, 5.74) is 1.43. The molecule has 2 amide bonds. The molecule has 3 rings (SSSR count). The molecule has 0 N–H and O–H groups in total. The molecule has 2 fully saturated rings. The van der Waals surface area contributed by atoms with E-state index < -0.39 is 0 Å². The van der Waals surface area contributed by atoms with Gasteiger partial charge in [0.2, 0.25) is 11.8 Å². The second kappa shape index (κ2) is 8.48. The summed E-state index contributed by atoms with van der Waals surface area (Å²) >= 11 is 0. The van der Waals surface area contributed by atoms with Crippen molar-refractivity contribution in [1.82, 2.24) is 14.7 Å². The van der Waals surface area contributed by atoms with Gasteiger partial charge in [-0.15, -0.1) is 0 Å². The predicted octanol–water partition coefficient (Wildman–Crippen LogP) is 1.95. The maximum Gasteiger partial charge on any atom is 0.236 e. The van der Waals surface area contributed by atoms with Crippen molar-refractivity contribution in [3.05, 3.63) is 35.9 Å². The summed E-state index contributed by atoms with van der Waals surface area (Å²) in [5.74, 6) is 0.924. The van der Waals surface area contributed by atoms with Crippen LogP contribution in [-0.4, -0.2) is 72.3 Å². The Kier molecular flexibility index (Phi) is 6.08. The van der Waals surface area contributed by atoms with Gasteiger partial charge in [-0.05, 0) is 43.8 Å². The normalized spacial score (nSPS) is 22.5. The number of nitrogens with zero attached hydrogens (tertiary/aromatic N) is 3. The van der Waals surface area contributed by atoms with Crippen LogP contribution in [0, 0.1) is 0 Å². The maximum atomic E-state index is 12.6. The highest BCUT2D eigenvalue weighted by Crippen LogP contribution is 2.27. The molecule has 0 saturated carbocycles. The molecule has 2 aliphatic rings. The van der Waals surface area contributed by atoms with Crippen LogP contribution in [0.25, 0.3) is 0 Å². The molecule has 2 heterocycles. The molecule has 5 nitrogen and oxygen atoms in total. The van der Waals surface area contributed by atoms with Gasteiger partial charge in [-0.25, -0.2) is 0 Å². The molecule has 2 saturated heterocycles. The van der Waals surface area contributed by atoms with Crippen LogP contribution in [-0.2, 0) is 9.59 Å². The van der Waals surface area contributed by atoms with E-state index in [1.165, 1.54) is 12.0 Å². The Balaban J connectivity index is 1.47. The number of likely N-dealkylation sites (tertiary alicyclic amines) is 1. The van der Waals surface area contributed by atoms with E-state index in [0.29, 0.717) is 38.6 Å². The molecule has 0 spiro atoms. The van der Waals surface area contributed by atoms with Gasteiger partial charge in [-0.1, -0.05) is 30.3 Å². The lowest BCUT2D eigenvalue weighted by Gasteiger charge is -2.35. The zero-order valence-corrected chi connectivity index (χ0v) is 15.2. The molecule has 0 aromatic heterocycles. The van der Waals surface area contributed by atoms with Crippen molar-refractivity contribution in [2.24, 2.45) is 0 Å². The summed E-state index contributed by atoms with van der Waals surface area (Å²) < 4.78 is 0. The minimum absolute atomic E-state index is 0.103. The van der Waals surface area contributed by atoms with E-state index in [1.54, 1.807) is 6.92 Å². The number of hydrogen-bond donors (Lipinski definition) is 0. The van der Waals surface area contributed by atoms with Gasteiger partial charge in [0, 0.05) is 33.1 Å². The number of amides is 2. The molecule has 1 aromatic rings. The van der Waals surface area contributed by atoms with Crippen LogP contribution >= 0.6 is 0 Å². The molecule has 136 valence electrons. The number of benzene rings is 1. The fourth-order valence-electron chi connectivity index (χ4n) is 3.93. The Bertz CT molecular complexity index is 582. The number of carbonyl (C=O) groups is 2. The standard InChI is InChI=1S/C20H29N3O2/c1-17(24)22-12-14-23(15-13-22)20(25)16-21-10-5-8-19(9-11-21)18-6-3-2-4-7-18/h2-4,6-7,19H,5,8-16H2,1H3/t19-/m1/s1. The molecule has 1 aromatic carbocycles. The monoisotopic (exact) mass is 343 g/mol. The van der Waals surface area contributed by atoms with Gasteiger partial charge >= 0.3 is 0 Å². The molecule has 0 aliphatic carbocycles. The zero-order chi connectivity index (χ0) is 17.6. The topological polar surface area (TPSA) is 43.9 Å². The maximum absolute atomic E-state index is 12.6. The summed E-state index contributed by atoms with van der Waals surface area (Å²) in [5, 5.41) is 0. The second-order valence-corrected chi connectivity index (χ2v) is 7.20. The predicted molar refractivity (Wildman–Crippen MR) is 98.3 cm³/mol. The average Bonchev–Trinajstić information content (AvgIpc) is 2.88. The summed E-state index contributed by atoms with van der Waals surface area (Å²) in [6, 6.07) is 10.7. The van der Waals surface area contributed by atoms with E-state index >= 15 is 0 Å². The molecule has 5 heteroatoms. The third kappa shape index (κ3) is 4.82. The number of carbonyl (C=O) groups excluding carboxylic acids is 2. The summed E-state index contributed by atoms with van der Waals surface area (Å²) in [4.78, 5) is 30.0. The van der Waals surface area contributed by atoms with Gasteiger partial charge in [-0.3, -0.25) is 14.5 Å². The average molecular weight is 343 g/mol. The van der Waals surface area contributed by atoms with Crippen LogP contribution < -0.4 is 0 Å². The Morgan fingerprint density at radius 1 is 0.920 bits per heavy atom. The van der Waals surface area contributed by atoms with Crippen molar-refractivity contribution < 1.29 is 9.59 Å². The van der Waals surface area contributed by atoms with Crippen LogP contribution in [0.5, 0.6) is 0 Å². The molecule has 25 heavy (non-hydrogen) atoms. The minimum Gasteiger partial charge on any atom is -0.339 e. The molecule has 0 unspecified atom stereocenters. The van der Waals surface area contributed by atoms with Gasteiger partial charge in [-0.2, -0.15) is 0 Å². The molecule has 0 bridgehead atoms. The molecule has 0 radical (unpaired) electrons. The third-order valence-electron chi connectivity index (χ3n) is 5.53. The molecule has 2 aliphatic heterocycles. The smallest absolute Gasteiger partial charge is 0.236 e. The van der Waals surface area contributed by atoms with E-state index in [0.717, 1.165) is 25.9 Å². The van der Waals surface area contributed by atoms with Crippen LogP contribution in [0.4, 0.5) is 0 Å². The van der Waals surface area contributed by atoms with Gasteiger partial charge < -0.3 is 9.80 Å². The van der Waals surface area contributed by atoms with E-state index in [9.17, 15) is 9.59 Å². The molecule has 1 atom stereocenters. The van der Waals surface area contributed by atoms with Crippen molar-refractivity contribution in [3.8, 4) is 0 Å². The third-order valence-corrected chi connectivity index (χ3v) is 5.53. The van der Waals surface area contributed by atoms with Crippen molar-refractivity contribution in [2.45, 2.75) is 32.1 Å². The van der Waals surface area contributed by atoms with Crippen LogP contribution in [0.1, 0.15) is 37.7 Å². The van der Waals surface area contributed by atoms with Gasteiger partial charge in [0.1, 0.15) is 0 Å². The van der Waals surface area contributed by atoms with E-state index in [1.807, 2.05) is 9.80 Å². The Labute approximate surface area is 150 Å². The first kappa shape index (κ1) is 17.9. The van der Waals surface area contributed by atoms with E-state index in [-0.39, 0.29) is 11.8 Å². The number of hydrogen-bond acceptors (Lipinski definition) is 3. The zero-order valence-electron chi connectivity index (χ0n) is 15.2. The largest absolute Gasteiger partial charge is 0.339 e. The number of piperazine rings is 1. The summed E-state index contributed by atoms with van der Waals surface area (Å²) in [6.07, 6.45) is 3.46.